The van der Waals surface area contributed by atoms with Crippen LogP contribution in [0.2, 0.25) is 0 Å². The van der Waals surface area contributed by atoms with Gasteiger partial charge in [0.1, 0.15) is 0 Å². The lowest BCUT2D eigenvalue weighted by molar-refractivity contribution is 0.197. The number of halogens is 1. The van der Waals surface area contributed by atoms with Crippen LogP contribution in [0, 0.1) is 0 Å². The molecule has 116 valence electrons. The number of aromatic nitrogens is 1. The van der Waals surface area contributed by atoms with Gasteiger partial charge in [-0.3, -0.25) is 0 Å². The van der Waals surface area contributed by atoms with Gasteiger partial charge in [0.15, 0.2) is 0 Å². The molecule has 0 aromatic carbocycles. The molecule has 4 heteroatoms. The number of thiazole rings is 1. The van der Waals surface area contributed by atoms with Crippen LogP contribution in [0.15, 0.2) is 5.38 Å². The highest BCUT2D eigenvalue weighted by atomic mass is 35.5. The van der Waals surface area contributed by atoms with Crippen molar-refractivity contribution in [1.29, 1.82) is 0 Å². The Labute approximate surface area is 133 Å². The summed E-state index contributed by atoms with van der Waals surface area (Å²) < 4.78 is 0. The van der Waals surface area contributed by atoms with Crippen molar-refractivity contribution in [3.8, 4) is 0 Å². The van der Waals surface area contributed by atoms with Gasteiger partial charge in [-0.25, -0.2) is 4.98 Å². The van der Waals surface area contributed by atoms with Crippen molar-refractivity contribution in [1.82, 2.24) is 9.88 Å². The molecule has 0 aliphatic rings. The van der Waals surface area contributed by atoms with Crippen molar-refractivity contribution in [2.75, 3.05) is 13.1 Å². The van der Waals surface area contributed by atoms with Crippen LogP contribution in [0.4, 0.5) is 0 Å². The predicted octanol–water partition coefficient (Wildman–Crippen LogP) is 5.11. The molecule has 0 fully saturated rings. The van der Waals surface area contributed by atoms with Gasteiger partial charge in [0, 0.05) is 11.4 Å². The topological polar surface area (TPSA) is 16.1 Å². The molecule has 0 aliphatic heterocycles. The van der Waals surface area contributed by atoms with Crippen LogP contribution in [0.3, 0.4) is 0 Å². The molecular formula is C16H29ClN2S. The number of unbranched alkanes of at least 4 members (excludes halogenated alkanes) is 2. The van der Waals surface area contributed by atoms with Gasteiger partial charge in [-0.15, -0.1) is 22.9 Å². The molecular weight excluding hydrogens is 288 g/mol. The summed E-state index contributed by atoms with van der Waals surface area (Å²) in [7, 11) is 0. The Morgan fingerprint density at radius 2 is 2.00 bits per heavy atom. The quantitative estimate of drug-likeness (QED) is 0.417. The summed E-state index contributed by atoms with van der Waals surface area (Å²) in [6, 6.07) is 0.712. The first-order chi connectivity index (χ1) is 9.71. The van der Waals surface area contributed by atoms with Crippen LogP contribution in [0.1, 0.15) is 63.6 Å². The molecule has 1 atom stereocenters. The van der Waals surface area contributed by atoms with Gasteiger partial charge in [0.05, 0.1) is 16.6 Å². The molecule has 2 nitrogen and oxygen atoms in total. The molecule has 0 amide bonds. The standard InChI is InChI=1S/C16H29ClN2S/c1-4-6-10-19(14(3)5-2)11-8-7-9-16-18-15(12-17)13-20-16/h13-14H,4-12H2,1-3H3. The molecule has 1 aromatic rings. The van der Waals surface area contributed by atoms with Crippen LogP contribution in [0.25, 0.3) is 0 Å². The molecule has 1 aromatic heterocycles. The highest BCUT2D eigenvalue weighted by Crippen LogP contribution is 2.15. The van der Waals surface area contributed by atoms with E-state index in [1.165, 1.54) is 50.2 Å². The van der Waals surface area contributed by atoms with Gasteiger partial charge in [0.2, 0.25) is 0 Å². The van der Waals surface area contributed by atoms with Crippen LogP contribution in [-0.4, -0.2) is 29.0 Å². The van der Waals surface area contributed by atoms with Gasteiger partial charge < -0.3 is 4.90 Å². The lowest BCUT2D eigenvalue weighted by Gasteiger charge is -2.28. The van der Waals surface area contributed by atoms with Crippen molar-refractivity contribution in [3.63, 3.8) is 0 Å². The van der Waals surface area contributed by atoms with E-state index in [1.807, 2.05) is 0 Å². The Bertz CT molecular complexity index is 354. The Hall–Kier alpha value is -0.120. The summed E-state index contributed by atoms with van der Waals surface area (Å²) >= 11 is 7.53. The van der Waals surface area contributed by atoms with Gasteiger partial charge in [-0.2, -0.15) is 0 Å². The molecule has 0 saturated carbocycles. The van der Waals surface area contributed by atoms with Crippen LogP contribution < -0.4 is 0 Å². The Kier molecular flexibility index (Phi) is 9.49. The summed E-state index contributed by atoms with van der Waals surface area (Å²) in [5.74, 6) is 0.537. The molecule has 20 heavy (non-hydrogen) atoms. The first-order valence-corrected chi connectivity index (χ1v) is 9.35. The van der Waals surface area contributed by atoms with Gasteiger partial charge in [-0.1, -0.05) is 20.3 Å². The maximum Gasteiger partial charge on any atom is 0.0928 e. The van der Waals surface area contributed by atoms with Crippen molar-refractivity contribution in [2.24, 2.45) is 0 Å². The summed E-state index contributed by atoms with van der Waals surface area (Å²) in [4.78, 5) is 7.17. The minimum absolute atomic E-state index is 0.537. The van der Waals surface area contributed by atoms with Crippen molar-refractivity contribution in [2.45, 2.75) is 71.2 Å². The highest BCUT2D eigenvalue weighted by molar-refractivity contribution is 7.09. The monoisotopic (exact) mass is 316 g/mol. The van der Waals surface area contributed by atoms with Crippen LogP contribution >= 0.6 is 22.9 Å². The Balaban J connectivity index is 2.25. The molecule has 0 aliphatic carbocycles. The smallest absolute Gasteiger partial charge is 0.0928 e. The Morgan fingerprint density at radius 1 is 1.25 bits per heavy atom. The second-order valence-corrected chi connectivity index (χ2v) is 6.68. The summed E-state index contributed by atoms with van der Waals surface area (Å²) in [6.45, 7) is 9.38. The van der Waals surface area contributed by atoms with E-state index in [-0.39, 0.29) is 0 Å². The SMILES string of the molecule is CCCCN(CCCCc1nc(CCl)cs1)C(C)CC. The van der Waals surface area contributed by atoms with E-state index >= 15 is 0 Å². The van der Waals surface area contributed by atoms with E-state index in [0.29, 0.717) is 11.9 Å². The number of rotatable bonds is 11. The van der Waals surface area contributed by atoms with E-state index in [1.54, 1.807) is 11.3 Å². The van der Waals surface area contributed by atoms with Crippen LogP contribution in [0.5, 0.6) is 0 Å². The summed E-state index contributed by atoms with van der Waals surface area (Å²) in [6.07, 6.45) is 7.44. The van der Waals surface area contributed by atoms with E-state index in [2.05, 4.69) is 36.0 Å². The van der Waals surface area contributed by atoms with Crippen LogP contribution in [-0.2, 0) is 12.3 Å². The third-order valence-electron chi connectivity index (χ3n) is 3.84. The van der Waals surface area contributed by atoms with Gasteiger partial charge in [-0.05, 0) is 52.1 Å². The molecule has 0 saturated heterocycles. The average Bonchev–Trinajstić information content (AvgIpc) is 2.93. The second-order valence-electron chi connectivity index (χ2n) is 5.47. The first kappa shape index (κ1) is 17.9. The van der Waals surface area contributed by atoms with Crippen molar-refractivity contribution >= 4 is 22.9 Å². The van der Waals surface area contributed by atoms with E-state index in [0.717, 1.165) is 12.1 Å². The normalized spacial score (nSPS) is 13.1. The van der Waals surface area contributed by atoms with E-state index in [9.17, 15) is 0 Å². The van der Waals surface area contributed by atoms with Gasteiger partial charge in [0.25, 0.3) is 0 Å². The largest absolute Gasteiger partial charge is 0.301 e. The number of hydrogen-bond donors (Lipinski definition) is 0. The highest BCUT2D eigenvalue weighted by Gasteiger charge is 2.11. The molecule has 0 radical (unpaired) electrons. The number of nitrogens with zero attached hydrogens (tertiary/aromatic N) is 2. The number of hydrogen-bond acceptors (Lipinski definition) is 3. The third-order valence-corrected chi connectivity index (χ3v) is 5.07. The fourth-order valence-corrected chi connectivity index (χ4v) is 3.36. The van der Waals surface area contributed by atoms with E-state index in [4.69, 9.17) is 11.6 Å². The maximum atomic E-state index is 5.78. The van der Waals surface area contributed by atoms with Gasteiger partial charge >= 0.3 is 0 Å². The Morgan fingerprint density at radius 3 is 2.60 bits per heavy atom. The molecule has 0 N–H and O–H groups in total. The minimum atomic E-state index is 0.537. The van der Waals surface area contributed by atoms with Crippen molar-refractivity contribution in [3.05, 3.63) is 16.1 Å². The lowest BCUT2D eigenvalue weighted by Crippen LogP contribution is -2.34. The first-order valence-electron chi connectivity index (χ1n) is 7.94. The maximum absolute atomic E-state index is 5.78. The molecule has 0 spiro atoms. The zero-order chi connectivity index (χ0) is 14.8. The third kappa shape index (κ3) is 6.55. The molecule has 1 heterocycles. The molecule has 1 unspecified atom stereocenters. The minimum Gasteiger partial charge on any atom is -0.301 e. The summed E-state index contributed by atoms with van der Waals surface area (Å²) in [5, 5.41) is 3.32. The number of alkyl halides is 1. The molecule has 0 bridgehead atoms. The fraction of sp³-hybridized carbons (Fsp3) is 0.812. The lowest BCUT2D eigenvalue weighted by atomic mass is 10.1. The molecule has 1 rings (SSSR count). The second kappa shape index (κ2) is 10.6. The number of aryl methyl sites for hydroxylation is 1. The average molecular weight is 317 g/mol. The predicted molar refractivity (Wildman–Crippen MR) is 90.8 cm³/mol. The van der Waals surface area contributed by atoms with E-state index < -0.39 is 0 Å². The zero-order valence-electron chi connectivity index (χ0n) is 13.2. The fourth-order valence-electron chi connectivity index (χ4n) is 2.29. The summed E-state index contributed by atoms with van der Waals surface area (Å²) in [5.41, 5.74) is 1.02. The zero-order valence-corrected chi connectivity index (χ0v) is 14.8. The van der Waals surface area contributed by atoms with Crippen molar-refractivity contribution < 1.29 is 0 Å².